The Morgan fingerprint density at radius 3 is 2.53 bits per heavy atom. The molecule has 170 valence electrons. The molecule has 0 bridgehead atoms. The van der Waals surface area contributed by atoms with Crippen LogP contribution in [0.15, 0.2) is 41.6 Å². The Hall–Kier alpha value is -2.91. The molecule has 2 aromatic carbocycles. The van der Waals surface area contributed by atoms with Gasteiger partial charge in [-0.15, -0.1) is 10.2 Å². The summed E-state index contributed by atoms with van der Waals surface area (Å²) < 4.78 is 18.2. The number of halogens is 1. The van der Waals surface area contributed by atoms with Crippen molar-refractivity contribution in [3.05, 3.63) is 41.4 Å². The summed E-state index contributed by atoms with van der Waals surface area (Å²) in [5, 5.41) is 12.5. The molecule has 3 aromatic rings. The van der Waals surface area contributed by atoms with E-state index in [4.69, 9.17) is 25.8 Å². The Morgan fingerprint density at radius 2 is 1.84 bits per heavy atom. The van der Waals surface area contributed by atoms with Crippen LogP contribution >= 0.6 is 23.4 Å². The zero-order chi connectivity index (χ0) is 23.1. The second-order valence-electron chi connectivity index (χ2n) is 6.50. The predicted molar refractivity (Wildman–Crippen MR) is 126 cm³/mol. The van der Waals surface area contributed by atoms with Crippen LogP contribution < -0.4 is 19.5 Å². The van der Waals surface area contributed by atoms with E-state index in [1.807, 2.05) is 42.7 Å². The van der Waals surface area contributed by atoms with Gasteiger partial charge in [0.05, 0.1) is 42.9 Å². The van der Waals surface area contributed by atoms with Gasteiger partial charge in [-0.25, -0.2) is 0 Å². The molecule has 0 radical (unpaired) electrons. The van der Waals surface area contributed by atoms with Crippen molar-refractivity contribution in [2.24, 2.45) is 0 Å². The smallest absolute Gasteiger partial charge is 0.234 e. The minimum Gasteiger partial charge on any atom is -0.495 e. The number of carbonyl (C=O) groups excluding carboxylic acids is 1. The summed E-state index contributed by atoms with van der Waals surface area (Å²) in [6.45, 7) is 5.14. The molecule has 0 atom stereocenters. The van der Waals surface area contributed by atoms with Crippen LogP contribution in [0.2, 0.25) is 5.02 Å². The van der Waals surface area contributed by atoms with Crippen molar-refractivity contribution in [2.45, 2.75) is 25.5 Å². The monoisotopic (exact) mass is 476 g/mol. The molecule has 10 heteroatoms. The zero-order valence-corrected chi connectivity index (χ0v) is 19.9. The number of nitrogens with zero attached hydrogens (tertiary/aromatic N) is 3. The maximum Gasteiger partial charge on any atom is 0.234 e. The fourth-order valence-electron chi connectivity index (χ4n) is 3.09. The molecule has 32 heavy (non-hydrogen) atoms. The number of amides is 1. The molecule has 1 heterocycles. The lowest BCUT2D eigenvalue weighted by Crippen LogP contribution is -2.15. The van der Waals surface area contributed by atoms with Crippen molar-refractivity contribution in [3.63, 3.8) is 0 Å². The Balaban J connectivity index is 1.75. The Bertz CT molecular complexity index is 1090. The summed E-state index contributed by atoms with van der Waals surface area (Å²) in [6.07, 6.45) is 0. The van der Waals surface area contributed by atoms with Gasteiger partial charge in [0, 0.05) is 18.7 Å². The third-order valence-electron chi connectivity index (χ3n) is 4.54. The van der Waals surface area contributed by atoms with E-state index in [0.29, 0.717) is 46.3 Å². The van der Waals surface area contributed by atoms with Crippen molar-refractivity contribution in [1.82, 2.24) is 14.8 Å². The molecule has 0 aliphatic rings. The van der Waals surface area contributed by atoms with Gasteiger partial charge in [-0.1, -0.05) is 35.5 Å². The van der Waals surface area contributed by atoms with Crippen molar-refractivity contribution in [3.8, 4) is 28.6 Å². The first kappa shape index (κ1) is 23.7. The second kappa shape index (κ2) is 11.1. The number of hydrogen-bond donors (Lipinski definition) is 1. The summed E-state index contributed by atoms with van der Waals surface area (Å²) in [7, 11) is 3.02. The molecule has 0 saturated carbocycles. The highest BCUT2D eigenvalue weighted by atomic mass is 35.5. The van der Waals surface area contributed by atoms with Gasteiger partial charge in [-0.05, 0) is 26.0 Å². The first-order valence-corrected chi connectivity index (χ1v) is 11.4. The van der Waals surface area contributed by atoms with Crippen molar-refractivity contribution < 1.29 is 19.0 Å². The van der Waals surface area contributed by atoms with Crippen molar-refractivity contribution >= 4 is 35.0 Å². The standard InChI is InChI=1S/C22H25ClN4O4S/c1-5-27-21(14-9-7-8-10-17(14)31-6-2)25-26-22(27)32-13-20(28)24-16-12-18(29-3)15(23)11-19(16)30-4/h7-12H,5-6,13H2,1-4H3,(H,24,28). The van der Waals surface area contributed by atoms with E-state index in [0.717, 1.165) is 11.3 Å². The number of para-hydroxylation sites is 1. The van der Waals surface area contributed by atoms with E-state index in [1.165, 1.54) is 26.0 Å². The van der Waals surface area contributed by atoms with E-state index in [9.17, 15) is 4.79 Å². The van der Waals surface area contributed by atoms with Crippen LogP contribution in [0.5, 0.6) is 17.2 Å². The number of anilines is 1. The van der Waals surface area contributed by atoms with E-state index in [1.54, 1.807) is 12.1 Å². The molecule has 1 N–H and O–H groups in total. The number of ether oxygens (including phenoxy) is 3. The lowest BCUT2D eigenvalue weighted by atomic mass is 10.2. The van der Waals surface area contributed by atoms with Crippen LogP contribution in [0, 0.1) is 0 Å². The van der Waals surface area contributed by atoms with E-state index < -0.39 is 0 Å². The third kappa shape index (κ3) is 5.28. The molecule has 1 aromatic heterocycles. The average molecular weight is 477 g/mol. The molecule has 1 amide bonds. The van der Waals surface area contributed by atoms with Gasteiger partial charge in [0.2, 0.25) is 5.91 Å². The largest absolute Gasteiger partial charge is 0.495 e. The number of carbonyl (C=O) groups is 1. The van der Waals surface area contributed by atoms with Gasteiger partial charge >= 0.3 is 0 Å². The van der Waals surface area contributed by atoms with Crippen LogP contribution in [0.3, 0.4) is 0 Å². The molecule has 0 aliphatic heterocycles. The highest BCUT2D eigenvalue weighted by molar-refractivity contribution is 7.99. The minimum absolute atomic E-state index is 0.138. The number of methoxy groups -OCH3 is 2. The molecule has 3 rings (SSSR count). The van der Waals surface area contributed by atoms with Crippen LogP contribution in [-0.4, -0.2) is 47.3 Å². The van der Waals surface area contributed by atoms with Gasteiger partial charge in [-0.3, -0.25) is 4.79 Å². The molecule has 0 fully saturated rings. The molecule has 0 unspecified atom stereocenters. The van der Waals surface area contributed by atoms with Crippen molar-refractivity contribution in [2.75, 3.05) is 31.9 Å². The maximum atomic E-state index is 12.6. The summed E-state index contributed by atoms with van der Waals surface area (Å²) in [5.74, 6) is 2.25. The SMILES string of the molecule is CCOc1ccccc1-c1nnc(SCC(=O)Nc2cc(OC)c(Cl)cc2OC)n1CC. The van der Waals surface area contributed by atoms with Crippen LogP contribution in [0.25, 0.3) is 11.4 Å². The zero-order valence-electron chi connectivity index (χ0n) is 18.3. The van der Waals surface area contributed by atoms with E-state index >= 15 is 0 Å². The molecule has 0 saturated heterocycles. The molecule has 8 nitrogen and oxygen atoms in total. The Kier molecular flexibility index (Phi) is 8.24. The summed E-state index contributed by atoms with van der Waals surface area (Å²) in [6, 6.07) is 10.9. The number of nitrogens with one attached hydrogen (secondary N) is 1. The Labute approximate surface area is 196 Å². The van der Waals surface area contributed by atoms with Crippen molar-refractivity contribution in [1.29, 1.82) is 0 Å². The first-order valence-electron chi connectivity index (χ1n) is 10.0. The molecule has 0 aliphatic carbocycles. The van der Waals surface area contributed by atoms with Gasteiger partial charge in [0.25, 0.3) is 0 Å². The minimum atomic E-state index is -0.223. The number of thioether (sulfide) groups is 1. The highest BCUT2D eigenvalue weighted by Gasteiger charge is 2.18. The summed E-state index contributed by atoms with van der Waals surface area (Å²) >= 11 is 7.42. The van der Waals surface area contributed by atoms with Crippen LogP contribution in [0.4, 0.5) is 5.69 Å². The number of hydrogen-bond acceptors (Lipinski definition) is 7. The van der Waals surface area contributed by atoms with E-state index in [-0.39, 0.29) is 11.7 Å². The predicted octanol–water partition coefficient (Wildman–Crippen LogP) is 4.77. The normalized spacial score (nSPS) is 10.7. The van der Waals surface area contributed by atoms with Crippen LogP contribution in [-0.2, 0) is 11.3 Å². The molecule has 0 spiro atoms. The fraction of sp³-hybridized carbons (Fsp3) is 0.318. The average Bonchev–Trinajstić information content (AvgIpc) is 3.21. The van der Waals surface area contributed by atoms with E-state index in [2.05, 4.69) is 15.5 Å². The summed E-state index contributed by atoms with van der Waals surface area (Å²) in [5.41, 5.74) is 1.33. The van der Waals surface area contributed by atoms with Gasteiger partial charge in [0.15, 0.2) is 11.0 Å². The van der Waals surface area contributed by atoms with Gasteiger partial charge in [0.1, 0.15) is 17.2 Å². The third-order valence-corrected chi connectivity index (χ3v) is 5.80. The van der Waals surface area contributed by atoms with Gasteiger partial charge in [-0.2, -0.15) is 0 Å². The molecular weight excluding hydrogens is 452 g/mol. The number of aromatic nitrogens is 3. The Morgan fingerprint density at radius 1 is 1.09 bits per heavy atom. The quantitative estimate of drug-likeness (QED) is 0.422. The van der Waals surface area contributed by atoms with Gasteiger partial charge < -0.3 is 24.1 Å². The van der Waals surface area contributed by atoms with Crippen LogP contribution in [0.1, 0.15) is 13.8 Å². The summed E-state index contributed by atoms with van der Waals surface area (Å²) in [4.78, 5) is 12.6. The lowest BCUT2D eigenvalue weighted by Gasteiger charge is -2.13. The second-order valence-corrected chi connectivity index (χ2v) is 7.85. The first-order chi connectivity index (χ1) is 15.5. The topological polar surface area (TPSA) is 87.5 Å². The fourth-order valence-corrected chi connectivity index (χ4v) is 4.12. The number of rotatable bonds is 10. The molecular formula is C22H25ClN4O4S. The maximum absolute atomic E-state index is 12.6. The lowest BCUT2D eigenvalue weighted by molar-refractivity contribution is -0.113. The highest BCUT2D eigenvalue weighted by Crippen LogP contribution is 2.36. The number of benzene rings is 2.